The van der Waals surface area contributed by atoms with Gasteiger partial charge in [-0.2, -0.15) is 0 Å². The minimum absolute atomic E-state index is 1.22. The Kier molecular flexibility index (Phi) is 3.53. The van der Waals surface area contributed by atoms with Crippen LogP contribution in [-0.4, -0.2) is 9.97 Å². The zero-order valence-electron chi connectivity index (χ0n) is 12.7. The Morgan fingerprint density at radius 3 is 1.95 bits per heavy atom. The van der Waals surface area contributed by atoms with E-state index in [9.17, 15) is 0 Å². The summed E-state index contributed by atoms with van der Waals surface area (Å²) in [6, 6.07) is 19.0. The van der Waals surface area contributed by atoms with Gasteiger partial charge in [0.25, 0.3) is 0 Å². The first-order valence-electron chi connectivity index (χ1n) is 7.22. The zero-order valence-corrected chi connectivity index (χ0v) is 12.7. The molecule has 21 heavy (non-hydrogen) atoms. The largest absolute Gasteiger partial charge is 0.359 e. The monoisotopic (exact) mass is 276 g/mol. The zero-order chi connectivity index (χ0) is 14.8. The molecule has 0 fully saturated rings. The quantitative estimate of drug-likeness (QED) is 0.439. The Morgan fingerprint density at radius 2 is 1.24 bits per heavy atom. The number of fused-ring (bicyclic) bond motifs is 2. The molecule has 2 nitrogen and oxygen atoms in total. The van der Waals surface area contributed by atoms with Crippen molar-refractivity contribution in [3.8, 4) is 0 Å². The van der Waals surface area contributed by atoms with Crippen LogP contribution in [0.25, 0.3) is 21.8 Å². The van der Waals surface area contributed by atoms with Gasteiger partial charge in [0.05, 0.1) is 0 Å². The number of rotatable bonds is 0. The van der Waals surface area contributed by atoms with E-state index in [0.29, 0.717) is 0 Å². The predicted molar refractivity (Wildman–Crippen MR) is 90.8 cm³/mol. The van der Waals surface area contributed by atoms with Gasteiger partial charge in [-0.3, -0.25) is 0 Å². The van der Waals surface area contributed by atoms with Crippen molar-refractivity contribution >= 4 is 21.8 Å². The highest BCUT2D eigenvalue weighted by molar-refractivity contribution is 5.81. The molecule has 0 saturated heterocycles. The van der Waals surface area contributed by atoms with E-state index in [1.165, 1.54) is 38.8 Å². The Labute approximate surface area is 124 Å². The molecular formula is C19H20N2. The van der Waals surface area contributed by atoms with Gasteiger partial charge in [0, 0.05) is 22.4 Å². The number of aryl methyl sites for hydroxylation is 3. The number of nitrogens with one attached hydrogen (secondary N) is 2. The van der Waals surface area contributed by atoms with Crippen LogP contribution in [-0.2, 0) is 0 Å². The molecule has 2 aromatic heterocycles. The van der Waals surface area contributed by atoms with Gasteiger partial charge in [-0.05, 0) is 61.9 Å². The average Bonchev–Trinajstić information content (AvgIpc) is 2.99. The second-order valence-electron chi connectivity index (χ2n) is 5.58. The normalized spacial score (nSPS) is 10.6. The molecule has 2 heterocycles. The molecule has 0 aliphatic rings. The van der Waals surface area contributed by atoms with Crippen LogP contribution < -0.4 is 0 Å². The van der Waals surface area contributed by atoms with Gasteiger partial charge in [0.1, 0.15) is 0 Å². The average molecular weight is 276 g/mol. The van der Waals surface area contributed by atoms with E-state index in [1.54, 1.807) is 0 Å². The van der Waals surface area contributed by atoms with Crippen LogP contribution in [0.2, 0.25) is 0 Å². The smallest absolute Gasteiger partial charge is 0.0456 e. The molecule has 4 aromatic rings. The van der Waals surface area contributed by atoms with Crippen molar-refractivity contribution in [2.24, 2.45) is 0 Å². The van der Waals surface area contributed by atoms with Gasteiger partial charge in [0.15, 0.2) is 0 Å². The summed E-state index contributed by atoms with van der Waals surface area (Å²) in [5, 5.41) is 2.60. The number of benzene rings is 2. The molecular weight excluding hydrogens is 256 g/mol. The maximum absolute atomic E-state index is 3.29. The van der Waals surface area contributed by atoms with Gasteiger partial charge in [-0.15, -0.1) is 0 Å². The minimum atomic E-state index is 1.22. The Balaban J connectivity index is 0.000000126. The second-order valence-corrected chi connectivity index (χ2v) is 5.58. The van der Waals surface area contributed by atoms with E-state index < -0.39 is 0 Å². The van der Waals surface area contributed by atoms with Crippen LogP contribution in [0, 0.1) is 20.8 Å². The lowest BCUT2D eigenvalue weighted by atomic mass is 10.2. The van der Waals surface area contributed by atoms with Crippen molar-refractivity contribution in [3.63, 3.8) is 0 Å². The predicted octanol–water partition coefficient (Wildman–Crippen LogP) is 5.26. The van der Waals surface area contributed by atoms with Crippen molar-refractivity contribution < 1.29 is 0 Å². The number of hydrogen-bond donors (Lipinski definition) is 2. The number of H-pyrrole nitrogens is 2. The van der Waals surface area contributed by atoms with E-state index in [4.69, 9.17) is 0 Å². The topological polar surface area (TPSA) is 31.6 Å². The van der Waals surface area contributed by atoms with Crippen LogP contribution in [0.15, 0.2) is 54.6 Å². The summed E-state index contributed by atoms with van der Waals surface area (Å²) in [5.74, 6) is 0. The lowest BCUT2D eigenvalue weighted by Crippen LogP contribution is -1.70. The summed E-state index contributed by atoms with van der Waals surface area (Å²) >= 11 is 0. The van der Waals surface area contributed by atoms with Crippen molar-refractivity contribution in [3.05, 3.63) is 71.5 Å². The highest BCUT2D eigenvalue weighted by Crippen LogP contribution is 2.16. The van der Waals surface area contributed by atoms with Gasteiger partial charge >= 0.3 is 0 Å². The fourth-order valence-corrected chi connectivity index (χ4v) is 2.62. The number of aromatic amines is 2. The van der Waals surface area contributed by atoms with E-state index in [2.05, 4.69) is 79.3 Å². The van der Waals surface area contributed by atoms with Crippen molar-refractivity contribution in [2.45, 2.75) is 20.8 Å². The van der Waals surface area contributed by atoms with Crippen molar-refractivity contribution in [2.75, 3.05) is 0 Å². The van der Waals surface area contributed by atoms with E-state index in [0.717, 1.165) is 0 Å². The summed E-state index contributed by atoms with van der Waals surface area (Å²) in [4.78, 5) is 6.54. The molecule has 0 amide bonds. The van der Waals surface area contributed by atoms with Crippen LogP contribution in [0.3, 0.4) is 0 Å². The first-order valence-corrected chi connectivity index (χ1v) is 7.22. The molecule has 0 radical (unpaired) electrons. The van der Waals surface area contributed by atoms with Gasteiger partial charge in [-0.25, -0.2) is 0 Å². The third-order valence-electron chi connectivity index (χ3n) is 3.58. The first-order chi connectivity index (χ1) is 10.1. The maximum atomic E-state index is 3.29. The summed E-state index contributed by atoms with van der Waals surface area (Å²) in [7, 11) is 0. The summed E-state index contributed by atoms with van der Waals surface area (Å²) in [5.41, 5.74) is 6.22. The lowest BCUT2D eigenvalue weighted by molar-refractivity contribution is 1.30. The Morgan fingerprint density at radius 1 is 0.619 bits per heavy atom. The Bertz CT molecular complexity index is 848. The van der Waals surface area contributed by atoms with Crippen LogP contribution in [0.4, 0.5) is 0 Å². The summed E-state index contributed by atoms with van der Waals surface area (Å²) < 4.78 is 0. The summed E-state index contributed by atoms with van der Waals surface area (Å²) in [6.45, 7) is 6.26. The third kappa shape index (κ3) is 3.00. The fourth-order valence-electron chi connectivity index (χ4n) is 2.62. The highest BCUT2D eigenvalue weighted by Gasteiger charge is 1.95. The minimum Gasteiger partial charge on any atom is -0.359 e. The maximum Gasteiger partial charge on any atom is 0.0456 e. The molecule has 0 saturated carbocycles. The molecule has 0 aliphatic heterocycles. The third-order valence-corrected chi connectivity index (χ3v) is 3.58. The van der Waals surface area contributed by atoms with E-state index in [1.807, 2.05) is 6.07 Å². The van der Waals surface area contributed by atoms with Crippen LogP contribution in [0.1, 0.15) is 17.0 Å². The number of hydrogen-bond acceptors (Lipinski definition) is 0. The van der Waals surface area contributed by atoms with E-state index >= 15 is 0 Å². The molecule has 0 aliphatic carbocycles. The molecule has 4 rings (SSSR count). The number of para-hydroxylation sites is 1. The molecule has 0 unspecified atom stereocenters. The standard InChI is InChI=1S/C10H11N.C9H9N/c1-7-3-4-10-9(5-7)6-8(2)11-10;1-7-6-8-4-2-3-5-9(8)10-7/h3-6,11H,1-2H3;2-6,10H,1H3. The van der Waals surface area contributed by atoms with Crippen molar-refractivity contribution in [1.29, 1.82) is 0 Å². The molecule has 2 N–H and O–H groups in total. The van der Waals surface area contributed by atoms with Gasteiger partial charge in [-0.1, -0.05) is 29.8 Å². The molecule has 0 atom stereocenters. The van der Waals surface area contributed by atoms with Crippen molar-refractivity contribution in [1.82, 2.24) is 9.97 Å². The molecule has 0 spiro atoms. The number of aromatic nitrogens is 2. The highest BCUT2D eigenvalue weighted by atomic mass is 14.7. The van der Waals surface area contributed by atoms with Crippen LogP contribution in [0.5, 0.6) is 0 Å². The fraction of sp³-hybridized carbons (Fsp3) is 0.158. The van der Waals surface area contributed by atoms with E-state index in [-0.39, 0.29) is 0 Å². The molecule has 106 valence electrons. The van der Waals surface area contributed by atoms with Gasteiger partial charge < -0.3 is 9.97 Å². The molecule has 2 aromatic carbocycles. The summed E-state index contributed by atoms with van der Waals surface area (Å²) in [6.07, 6.45) is 0. The lowest BCUT2D eigenvalue weighted by Gasteiger charge is -1.90. The first kappa shape index (κ1) is 13.5. The SMILES string of the molecule is Cc1cc2ccccc2[nH]1.Cc1ccc2[nH]c(C)cc2c1. The van der Waals surface area contributed by atoms with Crippen LogP contribution >= 0.6 is 0 Å². The Hall–Kier alpha value is -2.48. The molecule has 2 heteroatoms. The second kappa shape index (κ2) is 5.49. The molecule has 0 bridgehead atoms. The van der Waals surface area contributed by atoms with Gasteiger partial charge in [0.2, 0.25) is 0 Å².